The van der Waals surface area contributed by atoms with E-state index < -0.39 is 53.9 Å². The van der Waals surface area contributed by atoms with Crippen molar-refractivity contribution in [3.05, 3.63) is 58.1 Å². The van der Waals surface area contributed by atoms with Crippen LogP contribution in [-0.4, -0.2) is 42.7 Å². The molecule has 7 nitrogen and oxygen atoms in total. The number of halogens is 7. The van der Waals surface area contributed by atoms with Crippen LogP contribution in [-0.2, 0) is 11.3 Å². The summed E-state index contributed by atoms with van der Waals surface area (Å²) in [7, 11) is 0. The predicted molar refractivity (Wildman–Crippen MR) is 148 cm³/mol. The lowest BCUT2D eigenvalue weighted by atomic mass is 9.85. The molecule has 0 atom stereocenters. The van der Waals surface area contributed by atoms with Gasteiger partial charge in [0, 0.05) is 23.7 Å². The molecular weight excluding hydrogens is 604 g/mol. The van der Waals surface area contributed by atoms with Crippen molar-refractivity contribution in [2.24, 2.45) is 11.3 Å². The Hall–Kier alpha value is -3.48. The minimum atomic E-state index is -4.70. The first-order valence-corrected chi connectivity index (χ1v) is 13.8. The number of hydrogen-bond donors (Lipinski definition) is 3. The van der Waals surface area contributed by atoms with E-state index in [1.807, 2.05) is 0 Å². The van der Waals surface area contributed by atoms with Gasteiger partial charge in [-0.05, 0) is 61.6 Å². The van der Waals surface area contributed by atoms with E-state index in [9.17, 15) is 40.7 Å². The van der Waals surface area contributed by atoms with Crippen LogP contribution in [0.1, 0.15) is 72.7 Å². The summed E-state index contributed by atoms with van der Waals surface area (Å²) in [6.45, 7) is 3.66. The minimum Gasteiger partial charge on any atom is -0.483 e. The normalized spacial score (nSPS) is 17.6. The van der Waals surface area contributed by atoms with Gasteiger partial charge in [0.1, 0.15) is 5.75 Å². The zero-order valence-electron chi connectivity index (χ0n) is 23.6. The number of amides is 3. The second-order valence-electron chi connectivity index (χ2n) is 11.4. The van der Waals surface area contributed by atoms with Gasteiger partial charge >= 0.3 is 12.4 Å². The summed E-state index contributed by atoms with van der Waals surface area (Å²) in [6.07, 6.45) is -9.36. The summed E-state index contributed by atoms with van der Waals surface area (Å²) in [5, 5.41) is 7.96. The second-order valence-corrected chi connectivity index (χ2v) is 11.8. The fourth-order valence-electron chi connectivity index (χ4n) is 4.40. The smallest absolute Gasteiger partial charge is 0.422 e. The highest BCUT2D eigenvalue weighted by atomic mass is 35.5. The van der Waals surface area contributed by atoms with Crippen LogP contribution >= 0.6 is 11.6 Å². The van der Waals surface area contributed by atoms with Crippen molar-refractivity contribution in [2.45, 2.75) is 71.4 Å². The molecule has 3 rings (SSSR count). The van der Waals surface area contributed by atoms with Crippen LogP contribution in [0.4, 0.5) is 32.0 Å². The first-order valence-electron chi connectivity index (χ1n) is 13.4. The first-order chi connectivity index (χ1) is 19.8. The maximum atomic E-state index is 13.1. The van der Waals surface area contributed by atoms with E-state index in [4.69, 9.17) is 16.3 Å². The Balaban J connectivity index is 1.78. The van der Waals surface area contributed by atoms with Gasteiger partial charge in [0.05, 0.1) is 22.1 Å². The lowest BCUT2D eigenvalue weighted by Crippen LogP contribution is -2.40. The fraction of sp³-hybridized carbons (Fsp3) is 0.483. The second kappa shape index (κ2) is 13.4. The van der Waals surface area contributed by atoms with Gasteiger partial charge in [-0.25, -0.2) is 0 Å². The van der Waals surface area contributed by atoms with Crippen LogP contribution in [0, 0.1) is 11.3 Å². The number of ether oxygens (including phenoxy) is 1. The molecule has 0 aromatic heterocycles. The van der Waals surface area contributed by atoms with Crippen molar-refractivity contribution < 1.29 is 45.5 Å². The quantitative estimate of drug-likeness (QED) is 0.271. The summed E-state index contributed by atoms with van der Waals surface area (Å²) >= 11 is 6.22. The van der Waals surface area contributed by atoms with E-state index >= 15 is 0 Å². The lowest BCUT2D eigenvalue weighted by Gasteiger charge is -2.30. The summed E-state index contributed by atoms with van der Waals surface area (Å²) in [4.78, 5) is 38.4. The Bertz CT molecular complexity index is 1330. The third-order valence-corrected chi connectivity index (χ3v) is 7.14. The number of benzene rings is 2. The van der Waals surface area contributed by atoms with E-state index in [0.717, 1.165) is 12.1 Å². The lowest BCUT2D eigenvalue weighted by molar-refractivity contribution is -0.182. The number of anilines is 1. The number of alkyl halides is 6. The van der Waals surface area contributed by atoms with Gasteiger partial charge in [0.2, 0.25) is 5.91 Å². The van der Waals surface area contributed by atoms with Crippen LogP contribution in [0.15, 0.2) is 36.4 Å². The highest BCUT2D eigenvalue weighted by molar-refractivity contribution is 6.34. The predicted octanol–water partition coefficient (Wildman–Crippen LogP) is 7.05. The molecule has 14 heteroatoms. The number of carbonyl (C=O) groups excluding carboxylic acids is 3. The average molecular weight is 636 g/mol. The molecule has 1 fully saturated rings. The average Bonchev–Trinajstić information content (AvgIpc) is 2.90. The molecule has 1 saturated carbocycles. The number of carbonyl (C=O) groups is 3. The molecular formula is C29H32ClF6N3O4. The summed E-state index contributed by atoms with van der Waals surface area (Å²) in [6, 6.07) is 7.36. The van der Waals surface area contributed by atoms with Gasteiger partial charge in [-0.15, -0.1) is 0 Å². The summed E-state index contributed by atoms with van der Waals surface area (Å²) in [5.74, 6) is -3.68. The minimum absolute atomic E-state index is 0.0257. The standard InChI is InChI=1S/C29H32ClF6N3O4/c1-27(2,3)26(42)37-14-16-4-10-22(30)20(12-16)24(40)39-19-9-11-23(43-15-28(31,32)33)21(13-19)25(41)38-18-7-5-17(6-8-18)29(34,35)36/h4,9-13,17-18H,5-8,14-15H2,1-3H3,(H,37,42)(H,38,41)(H,39,40). The molecule has 0 aliphatic heterocycles. The molecule has 2 aromatic carbocycles. The molecule has 0 unspecified atom stereocenters. The fourth-order valence-corrected chi connectivity index (χ4v) is 4.60. The summed E-state index contributed by atoms with van der Waals surface area (Å²) in [5.41, 5.74) is -0.338. The van der Waals surface area contributed by atoms with Crippen molar-refractivity contribution in [1.29, 1.82) is 0 Å². The molecule has 0 bridgehead atoms. The Morgan fingerprint density at radius 1 is 0.884 bits per heavy atom. The van der Waals surface area contributed by atoms with Crippen LogP contribution in [0.5, 0.6) is 5.75 Å². The molecule has 0 radical (unpaired) electrons. The van der Waals surface area contributed by atoms with Crippen molar-refractivity contribution in [3.63, 3.8) is 0 Å². The van der Waals surface area contributed by atoms with Crippen molar-refractivity contribution in [2.75, 3.05) is 11.9 Å². The third-order valence-electron chi connectivity index (χ3n) is 6.81. The van der Waals surface area contributed by atoms with Gasteiger partial charge in [-0.1, -0.05) is 38.4 Å². The molecule has 3 amide bonds. The van der Waals surface area contributed by atoms with Crippen LogP contribution in [0.2, 0.25) is 5.02 Å². The molecule has 1 aliphatic rings. The Morgan fingerprint density at radius 2 is 1.53 bits per heavy atom. The van der Waals surface area contributed by atoms with Crippen molar-refractivity contribution >= 4 is 35.0 Å². The van der Waals surface area contributed by atoms with Crippen LogP contribution in [0.3, 0.4) is 0 Å². The molecule has 43 heavy (non-hydrogen) atoms. The van der Waals surface area contributed by atoms with Crippen LogP contribution < -0.4 is 20.7 Å². The Morgan fingerprint density at radius 3 is 2.12 bits per heavy atom. The number of nitrogens with one attached hydrogen (secondary N) is 3. The monoisotopic (exact) mass is 635 g/mol. The highest BCUT2D eigenvalue weighted by Gasteiger charge is 2.41. The largest absolute Gasteiger partial charge is 0.483 e. The molecule has 3 N–H and O–H groups in total. The molecule has 0 saturated heterocycles. The number of hydrogen-bond acceptors (Lipinski definition) is 4. The van der Waals surface area contributed by atoms with E-state index in [2.05, 4.69) is 16.0 Å². The van der Waals surface area contributed by atoms with Crippen molar-refractivity contribution in [3.8, 4) is 5.75 Å². The highest BCUT2D eigenvalue weighted by Crippen LogP contribution is 2.37. The molecule has 0 heterocycles. The summed E-state index contributed by atoms with van der Waals surface area (Å²) < 4.78 is 82.3. The van der Waals surface area contributed by atoms with Gasteiger partial charge < -0.3 is 20.7 Å². The molecule has 2 aromatic rings. The Labute approximate surface area is 249 Å². The zero-order valence-corrected chi connectivity index (χ0v) is 24.4. The van der Waals surface area contributed by atoms with E-state index in [1.165, 1.54) is 18.2 Å². The van der Waals surface area contributed by atoms with E-state index in [1.54, 1.807) is 26.8 Å². The van der Waals surface area contributed by atoms with Gasteiger partial charge in [0.25, 0.3) is 11.8 Å². The van der Waals surface area contributed by atoms with E-state index in [0.29, 0.717) is 5.56 Å². The zero-order chi connectivity index (χ0) is 32.2. The number of rotatable bonds is 8. The van der Waals surface area contributed by atoms with Crippen molar-refractivity contribution in [1.82, 2.24) is 10.6 Å². The van der Waals surface area contributed by atoms with Crippen LogP contribution in [0.25, 0.3) is 0 Å². The SMILES string of the molecule is CC(C)(C)C(=O)NCc1ccc(Cl)c(C(=O)Nc2ccc(OCC(F)(F)F)c(C(=O)NC3CCC(C(F)(F)F)CC3)c2)c1. The van der Waals surface area contributed by atoms with Gasteiger partial charge in [0.15, 0.2) is 6.61 Å². The van der Waals surface area contributed by atoms with E-state index in [-0.39, 0.29) is 60.0 Å². The third kappa shape index (κ3) is 10.0. The Kier molecular flexibility index (Phi) is 10.6. The molecule has 0 spiro atoms. The molecule has 236 valence electrons. The topological polar surface area (TPSA) is 96.5 Å². The maximum Gasteiger partial charge on any atom is 0.422 e. The first kappa shape index (κ1) is 34.0. The van der Waals surface area contributed by atoms with Gasteiger partial charge in [-0.3, -0.25) is 14.4 Å². The maximum absolute atomic E-state index is 13.1. The van der Waals surface area contributed by atoms with Gasteiger partial charge in [-0.2, -0.15) is 26.3 Å². The molecule has 1 aliphatic carbocycles.